The van der Waals surface area contributed by atoms with Crippen LogP contribution in [0.2, 0.25) is 0 Å². The van der Waals surface area contributed by atoms with Gasteiger partial charge in [0, 0.05) is 18.2 Å². The van der Waals surface area contributed by atoms with Gasteiger partial charge in [-0.2, -0.15) is 13.2 Å². The van der Waals surface area contributed by atoms with Crippen LogP contribution in [0.1, 0.15) is 40.4 Å². The summed E-state index contributed by atoms with van der Waals surface area (Å²) in [5.74, 6) is -0.282. The lowest BCUT2D eigenvalue weighted by atomic mass is 9.81. The van der Waals surface area contributed by atoms with Gasteiger partial charge in [-0.1, -0.05) is 12.8 Å². The number of Topliss-reactive ketones (excluding diaryl/α,β-unsaturated/α-hetero) is 1. The van der Waals surface area contributed by atoms with E-state index in [0.29, 0.717) is 24.2 Å². The first-order valence-electron chi connectivity index (χ1n) is 5.67. The minimum atomic E-state index is -4.49. The molecule has 0 aliphatic heterocycles. The van der Waals surface area contributed by atoms with Crippen LogP contribution in [0.15, 0.2) is 6.20 Å². The Balaban J connectivity index is 2.26. The van der Waals surface area contributed by atoms with Crippen molar-refractivity contribution >= 4 is 17.1 Å². The maximum Gasteiger partial charge on any atom is 0.443 e. The summed E-state index contributed by atoms with van der Waals surface area (Å²) in [6.07, 6.45) is -0.370. The van der Waals surface area contributed by atoms with Gasteiger partial charge in [0.25, 0.3) is 0 Å². The highest BCUT2D eigenvalue weighted by Crippen LogP contribution is 2.42. The minimum absolute atomic E-state index is 0.0645. The first-order valence-corrected chi connectivity index (χ1v) is 6.49. The van der Waals surface area contributed by atoms with Gasteiger partial charge in [0.2, 0.25) is 0 Å². The Bertz CT molecular complexity index is 449. The fraction of sp³-hybridized carbons (Fsp3) is 0.636. The van der Waals surface area contributed by atoms with E-state index < -0.39 is 16.6 Å². The van der Waals surface area contributed by atoms with Gasteiger partial charge in [-0.25, -0.2) is 4.98 Å². The second-order valence-electron chi connectivity index (χ2n) is 4.55. The largest absolute Gasteiger partial charge is 0.443 e. The molecule has 100 valence electrons. The number of hydrogen-bond donors (Lipinski definition) is 1. The number of hydrogen-bond acceptors (Lipinski definition) is 4. The smallest absolute Gasteiger partial charge is 0.329 e. The van der Waals surface area contributed by atoms with Crippen molar-refractivity contribution in [2.75, 3.05) is 6.54 Å². The van der Waals surface area contributed by atoms with Crippen LogP contribution in [0.25, 0.3) is 0 Å². The Kier molecular flexibility index (Phi) is 3.46. The Morgan fingerprint density at radius 2 is 2.06 bits per heavy atom. The normalized spacial score (nSPS) is 19.1. The summed E-state index contributed by atoms with van der Waals surface area (Å²) < 4.78 is 37.3. The van der Waals surface area contributed by atoms with Crippen molar-refractivity contribution < 1.29 is 18.0 Å². The first kappa shape index (κ1) is 13.5. The molecule has 1 saturated carbocycles. The van der Waals surface area contributed by atoms with Crippen molar-refractivity contribution in [3.63, 3.8) is 0 Å². The molecule has 1 fully saturated rings. The molecular formula is C11H13F3N2OS. The van der Waals surface area contributed by atoms with E-state index in [1.165, 1.54) is 0 Å². The molecule has 1 aromatic heterocycles. The van der Waals surface area contributed by atoms with Crippen molar-refractivity contribution in [1.29, 1.82) is 0 Å². The lowest BCUT2D eigenvalue weighted by molar-refractivity contribution is -0.137. The van der Waals surface area contributed by atoms with Crippen LogP contribution in [0.5, 0.6) is 0 Å². The van der Waals surface area contributed by atoms with Crippen LogP contribution in [-0.2, 0) is 6.18 Å². The highest BCUT2D eigenvalue weighted by molar-refractivity contribution is 7.13. The van der Waals surface area contributed by atoms with Crippen LogP contribution in [0, 0.1) is 5.41 Å². The molecule has 0 aromatic carbocycles. The van der Waals surface area contributed by atoms with Gasteiger partial charge in [-0.15, -0.1) is 11.3 Å². The van der Waals surface area contributed by atoms with Gasteiger partial charge in [0.1, 0.15) is 0 Å². The zero-order valence-corrected chi connectivity index (χ0v) is 10.4. The van der Waals surface area contributed by atoms with E-state index in [2.05, 4.69) is 4.98 Å². The fourth-order valence-electron chi connectivity index (χ4n) is 2.35. The van der Waals surface area contributed by atoms with Gasteiger partial charge in [0.15, 0.2) is 10.8 Å². The minimum Gasteiger partial charge on any atom is -0.329 e. The van der Waals surface area contributed by atoms with Crippen molar-refractivity contribution in [3.8, 4) is 0 Å². The first-order chi connectivity index (χ1) is 8.39. The third-order valence-corrected chi connectivity index (χ3v) is 4.45. The molecule has 7 heteroatoms. The van der Waals surface area contributed by atoms with Crippen LogP contribution in [0.4, 0.5) is 13.2 Å². The Hall–Kier alpha value is -0.950. The van der Waals surface area contributed by atoms with Crippen LogP contribution >= 0.6 is 11.3 Å². The SMILES string of the molecule is NCC1(C(=O)c2cnc(C(F)(F)F)s2)CCCC1. The highest BCUT2D eigenvalue weighted by atomic mass is 32.1. The number of nitrogens with zero attached hydrogens (tertiary/aromatic N) is 1. The summed E-state index contributed by atoms with van der Waals surface area (Å²) in [5, 5.41) is -0.976. The number of carbonyl (C=O) groups is 1. The summed E-state index contributed by atoms with van der Waals surface area (Å²) in [6.45, 7) is 0.186. The average molecular weight is 278 g/mol. The van der Waals surface area contributed by atoms with Crippen molar-refractivity contribution in [3.05, 3.63) is 16.1 Å². The predicted molar refractivity (Wildman–Crippen MR) is 61.4 cm³/mol. The monoisotopic (exact) mass is 278 g/mol. The Morgan fingerprint density at radius 3 is 2.50 bits per heavy atom. The van der Waals surface area contributed by atoms with Gasteiger partial charge in [0.05, 0.1) is 4.88 Å². The third kappa shape index (κ3) is 2.29. The van der Waals surface area contributed by atoms with E-state index in [1.807, 2.05) is 0 Å². The summed E-state index contributed by atoms with van der Waals surface area (Å²) in [5.41, 5.74) is 4.97. The lowest BCUT2D eigenvalue weighted by Gasteiger charge is -2.24. The molecule has 18 heavy (non-hydrogen) atoms. The number of aromatic nitrogens is 1. The van der Waals surface area contributed by atoms with E-state index in [9.17, 15) is 18.0 Å². The van der Waals surface area contributed by atoms with Crippen LogP contribution in [-0.4, -0.2) is 17.3 Å². The zero-order valence-electron chi connectivity index (χ0n) is 9.59. The molecule has 0 unspecified atom stereocenters. The standard InChI is InChI=1S/C11H13F3N2OS/c12-11(13,14)9-16-5-7(18-9)8(17)10(6-15)3-1-2-4-10/h5H,1-4,6,15H2. The average Bonchev–Trinajstić information content (AvgIpc) is 2.97. The summed E-state index contributed by atoms with van der Waals surface area (Å²) >= 11 is 0.407. The van der Waals surface area contributed by atoms with Gasteiger partial charge in [-0.05, 0) is 12.8 Å². The number of ketones is 1. The molecule has 1 aliphatic carbocycles. The van der Waals surface area contributed by atoms with E-state index in [-0.39, 0.29) is 17.2 Å². The van der Waals surface area contributed by atoms with E-state index in [4.69, 9.17) is 5.73 Å². The van der Waals surface area contributed by atoms with Gasteiger partial charge >= 0.3 is 6.18 Å². The van der Waals surface area contributed by atoms with E-state index in [0.717, 1.165) is 19.0 Å². The number of halogens is 3. The third-order valence-electron chi connectivity index (χ3n) is 3.41. The van der Waals surface area contributed by atoms with E-state index in [1.54, 1.807) is 0 Å². The zero-order chi connectivity index (χ0) is 13.4. The molecule has 0 spiro atoms. The lowest BCUT2D eigenvalue weighted by Crippen LogP contribution is -2.35. The molecule has 2 N–H and O–H groups in total. The fourth-order valence-corrected chi connectivity index (χ4v) is 3.19. The Labute approximate surface area is 106 Å². The molecule has 0 radical (unpaired) electrons. The maximum atomic E-state index is 12.4. The molecule has 0 saturated heterocycles. The number of carbonyl (C=O) groups excluding carboxylic acids is 1. The molecule has 0 bridgehead atoms. The summed E-state index contributed by atoms with van der Waals surface area (Å²) in [4.78, 5) is 15.6. The maximum absolute atomic E-state index is 12.4. The quantitative estimate of drug-likeness (QED) is 0.865. The molecule has 1 heterocycles. The molecule has 0 atom stereocenters. The molecule has 2 rings (SSSR count). The van der Waals surface area contributed by atoms with Gasteiger partial charge < -0.3 is 5.73 Å². The predicted octanol–water partition coefficient (Wildman–Crippen LogP) is 2.86. The van der Waals surface area contributed by atoms with E-state index >= 15 is 0 Å². The highest BCUT2D eigenvalue weighted by Gasteiger charge is 2.42. The topological polar surface area (TPSA) is 56.0 Å². The second-order valence-corrected chi connectivity index (χ2v) is 5.58. The molecular weight excluding hydrogens is 265 g/mol. The van der Waals surface area contributed by atoms with Crippen molar-refractivity contribution in [2.24, 2.45) is 11.1 Å². The Morgan fingerprint density at radius 1 is 1.44 bits per heavy atom. The number of alkyl halides is 3. The molecule has 1 aliphatic rings. The summed E-state index contributed by atoms with van der Waals surface area (Å²) in [6, 6.07) is 0. The number of nitrogens with two attached hydrogens (primary N) is 1. The van der Waals surface area contributed by atoms with Crippen LogP contribution in [0.3, 0.4) is 0 Å². The number of rotatable bonds is 3. The molecule has 3 nitrogen and oxygen atoms in total. The van der Waals surface area contributed by atoms with Crippen LogP contribution < -0.4 is 5.73 Å². The summed E-state index contributed by atoms with van der Waals surface area (Å²) in [7, 11) is 0. The van der Waals surface area contributed by atoms with Gasteiger partial charge in [-0.3, -0.25) is 4.79 Å². The molecule has 1 aromatic rings. The second kappa shape index (κ2) is 4.62. The van der Waals surface area contributed by atoms with Crippen molar-refractivity contribution in [2.45, 2.75) is 31.9 Å². The molecule has 0 amide bonds. The van der Waals surface area contributed by atoms with Crippen molar-refractivity contribution in [1.82, 2.24) is 4.98 Å². The number of thiazole rings is 1.